The quantitative estimate of drug-likeness (QED) is 0.629. The summed E-state index contributed by atoms with van der Waals surface area (Å²) in [6.45, 7) is 4.13. The predicted octanol–water partition coefficient (Wildman–Crippen LogP) is 5.54. The van der Waals surface area contributed by atoms with Crippen molar-refractivity contribution in [2.24, 2.45) is 0 Å². The van der Waals surface area contributed by atoms with Gasteiger partial charge in [0, 0.05) is 22.8 Å². The number of hydrogen-bond donors (Lipinski definition) is 1. The van der Waals surface area contributed by atoms with Gasteiger partial charge in [0.15, 0.2) is 0 Å². The van der Waals surface area contributed by atoms with Crippen molar-refractivity contribution in [3.05, 3.63) is 76.0 Å². The molecule has 5 heteroatoms. The summed E-state index contributed by atoms with van der Waals surface area (Å²) < 4.78 is 13.2. The van der Waals surface area contributed by atoms with Crippen LogP contribution in [0.4, 0.5) is 10.1 Å². The molecule has 0 spiro atoms. The highest BCUT2D eigenvalue weighted by molar-refractivity contribution is 7.11. The molecule has 124 valence electrons. The van der Waals surface area contributed by atoms with E-state index in [1.165, 1.54) is 34.6 Å². The number of allylic oxidation sites excluding steroid dienone is 1. The minimum atomic E-state index is -0.330. The van der Waals surface area contributed by atoms with Gasteiger partial charge in [0.05, 0.1) is 5.69 Å². The van der Waals surface area contributed by atoms with Crippen LogP contribution in [0.3, 0.4) is 0 Å². The molecule has 3 nitrogen and oxygen atoms in total. The Bertz CT molecular complexity index is 983. The number of hydrogen-bond acceptors (Lipinski definition) is 4. The Labute approximate surface area is 150 Å². The second-order valence-corrected chi connectivity index (χ2v) is 6.52. The number of halogens is 1. The number of nitrogens with zero attached hydrogens (tertiary/aromatic N) is 2. The van der Waals surface area contributed by atoms with Gasteiger partial charge in [0.25, 0.3) is 0 Å². The number of rotatable bonds is 4. The monoisotopic (exact) mass is 349 g/mol. The average Bonchev–Trinajstić information content (AvgIpc) is 3.08. The number of aryl methyl sites for hydroxylation is 2. The first kappa shape index (κ1) is 16.9. The van der Waals surface area contributed by atoms with Gasteiger partial charge in [-0.1, -0.05) is 18.2 Å². The van der Waals surface area contributed by atoms with Crippen LogP contribution in [-0.4, -0.2) is 4.98 Å². The van der Waals surface area contributed by atoms with Crippen LogP contribution in [0.1, 0.15) is 16.1 Å². The smallest absolute Gasteiger partial charge is 0.136 e. The number of thiazole rings is 1. The number of benzene rings is 2. The highest BCUT2D eigenvalue weighted by atomic mass is 32.1. The van der Waals surface area contributed by atoms with Crippen LogP contribution in [0.25, 0.3) is 16.8 Å². The van der Waals surface area contributed by atoms with Crippen molar-refractivity contribution in [1.29, 1.82) is 5.26 Å². The van der Waals surface area contributed by atoms with E-state index in [4.69, 9.17) is 0 Å². The third kappa shape index (κ3) is 3.93. The lowest BCUT2D eigenvalue weighted by Gasteiger charge is -2.02. The molecule has 0 aliphatic heterocycles. The molecule has 0 saturated carbocycles. The molecule has 0 radical (unpaired) electrons. The van der Waals surface area contributed by atoms with E-state index >= 15 is 0 Å². The molecule has 1 aromatic heterocycles. The van der Waals surface area contributed by atoms with Crippen molar-refractivity contribution in [1.82, 2.24) is 4.98 Å². The highest BCUT2D eigenvalue weighted by Gasteiger charge is 2.09. The summed E-state index contributed by atoms with van der Waals surface area (Å²) in [5, 5.41) is 14.9. The predicted molar refractivity (Wildman–Crippen MR) is 101 cm³/mol. The van der Waals surface area contributed by atoms with Crippen molar-refractivity contribution >= 4 is 22.6 Å². The van der Waals surface area contributed by atoms with Crippen LogP contribution >= 0.6 is 11.3 Å². The normalized spacial score (nSPS) is 11.2. The maximum atomic E-state index is 13.2. The molecule has 25 heavy (non-hydrogen) atoms. The lowest BCUT2D eigenvalue weighted by Crippen LogP contribution is -1.91. The lowest BCUT2D eigenvalue weighted by molar-refractivity contribution is 0.628. The summed E-state index contributed by atoms with van der Waals surface area (Å²) in [5.74, 6) is -0.330. The Balaban J connectivity index is 1.85. The molecule has 2 aromatic carbocycles. The van der Waals surface area contributed by atoms with Crippen LogP contribution in [0.15, 0.2) is 54.0 Å². The minimum absolute atomic E-state index is 0.330. The van der Waals surface area contributed by atoms with E-state index in [1.54, 1.807) is 18.3 Å². The summed E-state index contributed by atoms with van der Waals surface area (Å²) in [5.41, 5.74) is 5.30. The van der Waals surface area contributed by atoms with Crippen molar-refractivity contribution in [2.45, 2.75) is 13.8 Å². The van der Waals surface area contributed by atoms with Crippen LogP contribution in [-0.2, 0) is 0 Å². The van der Waals surface area contributed by atoms with Crippen molar-refractivity contribution in [3.8, 4) is 17.3 Å². The molecule has 1 heterocycles. The van der Waals surface area contributed by atoms with Gasteiger partial charge < -0.3 is 5.32 Å². The van der Waals surface area contributed by atoms with Gasteiger partial charge >= 0.3 is 0 Å². The van der Waals surface area contributed by atoms with Gasteiger partial charge in [-0.3, -0.25) is 0 Å². The van der Waals surface area contributed by atoms with E-state index in [0.717, 1.165) is 11.3 Å². The fraction of sp³-hybridized carbons (Fsp3) is 0.100. The first-order valence-corrected chi connectivity index (χ1v) is 8.60. The van der Waals surface area contributed by atoms with E-state index in [1.807, 2.05) is 11.4 Å². The molecule has 0 bridgehead atoms. The van der Waals surface area contributed by atoms with E-state index in [2.05, 4.69) is 42.4 Å². The second-order valence-electron chi connectivity index (χ2n) is 5.66. The summed E-state index contributed by atoms with van der Waals surface area (Å²) in [4.78, 5) is 4.57. The standard InChI is InChI=1S/C20H16FN3S/c1-13-6-7-15(8-14(13)2)19-12-25-20(24-19)16(10-22)11-23-18-5-3-4-17(21)9-18/h3-9,11-12,23H,1-2H3. The van der Waals surface area contributed by atoms with Gasteiger partial charge in [-0.2, -0.15) is 5.26 Å². The molecular formula is C20H16FN3S. The number of aromatic nitrogens is 1. The van der Waals surface area contributed by atoms with Crippen molar-refractivity contribution in [3.63, 3.8) is 0 Å². The Morgan fingerprint density at radius 3 is 2.76 bits per heavy atom. The van der Waals surface area contributed by atoms with Crippen LogP contribution in [0.5, 0.6) is 0 Å². The number of nitrogens with one attached hydrogen (secondary N) is 1. The lowest BCUT2D eigenvalue weighted by atomic mass is 10.1. The number of nitriles is 1. The van der Waals surface area contributed by atoms with E-state index in [0.29, 0.717) is 16.3 Å². The molecule has 0 fully saturated rings. The molecule has 1 N–H and O–H groups in total. The van der Waals surface area contributed by atoms with Gasteiger partial charge in [0.2, 0.25) is 0 Å². The molecule has 0 aliphatic carbocycles. The maximum Gasteiger partial charge on any atom is 0.136 e. The van der Waals surface area contributed by atoms with Crippen LogP contribution in [0.2, 0.25) is 0 Å². The first-order valence-electron chi connectivity index (χ1n) is 7.73. The second kappa shape index (κ2) is 7.29. The Kier molecular flexibility index (Phi) is 4.92. The van der Waals surface area contributed by atoms with Gasteiger partial charge in [-0.25, -0.2) is 9.37 Å². The summed E-state index contributed by atoms with van der Waals surface area (Å²) >= 11 is 1.41. The summed E-state index contributed by atoms with van der Waals surface area (Å²) in [6.07, 6.45) is 1.55. The van der Waals surface area contributed by atoms with Crippen LogP contribution < -0.4 is 5.32 Å². The van der Waals surface area contributed by atoms with E-state index in [9.17, 15) is 9.65 Å². The van der Waals surface area contributed by atoms with E-state index in [-0.39, 0.29) is 5.82 Å². The highest BCUT2D eigenvalue weighted by Crippen LogP contribution is 2.27. The molecule has 0 amide bonds. The van der Waals surface area contributed by atoms with Crippen molar-refractivity contribution in [2.75, 3.05) is 5.32 Å². The Morgan fingerprint density at radius 2 is 2.04 bits per heavy atom. The topological polar surface area (TPSA) is 48.7 Å². The molecule has 0 unspecified atom stereocenters. The molecule has 0 saturated heterocycles. The SMILES string of the molecule is Cc1ccc(-c2csc(C(C#N)=CNc3cccc(F)c3)n2)cc1C. The van der Waals surface area contributed by atoms with Gasteiger partial charge in [-0.15, -0.1) is 11.3 Å². The third-order valence-corrected chi connectivity index (χ3v) is 4.74. The first-order chi connectivity index (χ1) is 12.1. The Morgan fingerprint density at radius 1 is 1.20 bits per heavy atom. The number of anilines is 1. The largest absolute Gasteiger partial charge is 0.360 e. The van der Waals surface area contributed by atoms with Gasteiger partial charge in [-0.05, 0) is 49.2 Å². The van der Waals surface area contributed by atoms with Crippen molar-refractivity contribution < 1.29 is 4.39 Å². The molecule has 3 aromatic rings. The summed E-state index contributed by atoms with van der Waals surface area (Å²) in [7, 11) is 0. The zero-order chi connectivity index (χ0) is 17.8. The minimum Gasteiger partial charge on any atom is -0.360 e. The average molecular weight is 349 g/mol. The molecule has 0 aliphatic rings. The summed E-state index contributed by atoms with van der Waals surface area (Å²) in [6, 6.07) is 14.4. The fourth-order valence-corrected chi connectivity index (χ4v) is 3.10. The van der Waals surface area contributed by atoms with Crippen LogP contribution in [0, 0.1) is 31.0 Å². The zero-order valence-corrected chi connectivity index (χ0v) is 14.7. The molecule has 0 atom stereocenters. The maximum absolute atomic E-state index is 13.2. The molecule has 3 rings (SSSR count). The van der Waals surface area contributed by atoms with Gasteiger partial charge in [0.1, 0.15) is 22.5 Å². The zero-order valence-electron chi connectivity index (χ0n) is 13.9. The molecular weight excluding hydrogens is 333 g/mol. The third-order valence-electron chi connectivity index (χ3n) is 3.87. The van der Waals surface area contributed by atoms with E-state index < -0.39 is 0 Å². The fourth-order valence-electron chi connectivity index (χ4n) is 2.31. The Hall–Kier alpha value is -2.97.